The van der Waals surface area contributed by atoms with Crippen molar-refractivity contribution in [2.75, 3.05) is 6.54 Å². The standard InChI is InChI=1S/C16H18Cl2N2OS/c1-10(13-6-5-12(17)8-14(13)18)20-16(21)9-19-11(2)15-4-3-7-22-15/h3-8,10-11,19H,9H2,1-2H3,(H,20,21)/p+1/t10-,11-/m1/s1. The Morgan fingerprint density at radius 3 is 2.73 bits per heavy atom. The lowest BCUT2D eigenvalue weighted by Gasteiger charge is -2.16. The van der Waals surface area contributed by atoms with Gasteiger partial charge in [-0.25, -0.2) is 0 Å². The topological polar surface area (TPSA) is 45.7 Å². The minimum Gasteiger partial charge on any atom is -0.345 e. The van der Waals surface area contributed by atoms with Gasteiger partial charge in [-0.3, -0.25) is 4.79 Å². The fraction of sp³-hybridized carbons (Fsp3) is 0.312. The number of nitrogens with one attached hydrogen (secondary N) is 1. The van der Waals surface area contributed by atoms with Gasteiger partial charge in [-0.2, -0.15) is 0 Å². The van der Waals surface area contributed by atoms with Crippen molar-refractivity contribution in [3.8, 4) is 0 Å². The highest BCUT2D eigenvalue weighted by Gasteiger charge is 2.16. The molecule has 1 aromatic heterocycles. The summed E-state index contributed by atoms with van der Waals surface area (Å²) < 4.78 is 0. The molecule has 118 valence electrons. The first-order valence-corrected chi connectivity index (χ1v) is 8.72. The molecule has 2 aromatic rings. The molecule has 0 saturated carbocycles. The van der Waals surface area contributed by atoms with Crippen LogP contribution in [0.25, 0.3) is 0 Å². The van der Waals surface area contributed by atoms with Gasteiger partial charge in [0.1, 0.15) is 6.04 Å². The lowest BCUT2D eigenvalue weighted by atomic mass is 10.1. The molecule has 0 aliphatic heterocycles. The summed E-state index contributed by atoms with van der Waals surface area (Å²) in [5, 5.41) is 8.19. The van der Waals surface area contributed by atoms with E-state index in [9.17, 15) is 4.79 Å². The van der Waals surface area contributed by atoms with E-state index >= 15 is 0 Å². The van der Waals surface area contributed by atoms with E-state index in [-0.39, 0.29) is 18.0 Å². The largest absolute Gasteiger partial charge is 0.345 e. The summed E-state index contributed by atoms with van der Waals surface area (Å²) in [6, 6.07) is 9.54. The second-order valence-corrected chi connectivity index (χ2v) is 7.02. The predicted molar refractivity (Wildman–Crippen MR) is 92.5 cm³/mol. The molecule has 0 fully saturated rings. The first-order chi connectivity index (χ1) is 10.5. The van der Waals surface area contributed by atoms with Crippen LogP contribution in [0.2, 0.25) is 10.0 Å². The van der Waals surface area contributed by atoms with E-state index in [1.807, 2.05) is 29.8 Å². The number of quaternary nitrogens is 1. The molecule has 22 heavy (non-hydrogen) atoms. The van der Waals surface area contributed by atoms with Gasteiger partial charge in [-0.15, -0.1) is 11.3 Å². The molecule has 0 radical (unpaired) electrons. The lowest BCUT2D eigenvalue weighted by Crippen LogP contribution is -2.86. The molecule has 0 aliphatic carbocycles. The maximum absolute atomic E-state index is 12.1. The van der Waals surface area contributed by atoms with E-state index in [0.29, 0.717) is 16.6 Å². The van der Waals surface area contributed by atoms with Crippen molar-refractivity contribution < 1.29 is 10.1 Å². The highest BCUT2D eigenvalue weighted by molar-refractivity contribution is 7.10. The first kappa shape index (κ1) is 17.3. The van der Waals surface area contributed by atoms with Crippen molar-refractivity contribution in [2.24, 2.45) is 0 Å². The Morgan fingerprint density at radius 1 is 1.32 bits per heavy atom. The minimum absolute atomic E-state index is 0.0121. The molecule has 3 N–H and O–H groups in total. The number of nitrogens with two attached hydrogens (primary N) is 1. The maximum Gasteiger partial charge on any atom is 0.275 e. The molecule has 0 saturated heterocycles. The molecule has 3 nitrogen and oxygen atoms in total. The molecule has 0 bridgehead atoms. The van der Waals surface area contributed by atoms with E-state index in [4.69, 9.17) is 23.2 Å². The van der Waals surface area contributed by atoms with E-state index in [0.717, 1.165) is 5.56 Å². The van der Waals surface area contributed by atoms with Crippen LogP contribution >= 0.6 is 34.5 Å². The van der Waals surface area contributed by atoms with Gasteiger partial charge in [0.15, 0.2) is 6.54 Å². The lowest BCUT2D eigenvalue weighted by molar-refractivity contribution is -0.682. The molecule has 0 aliphatic rings. The fourth-order valence-electron chi connectivity index (χ4n) is 2.18. The maximum atomic E-state index is 12.1. The van der Waals surface area contributed by atoms with Gasteiger partial charge in [0, 0.05) is 10.0 Å². The Morgan fingerprint density at radius 2 is 2.09 bits per heavy atom. The molecule has 1 heterocycles. The summed E-state index contributed by atoms with van der Waals surface area (Å²) >= 11 is 13.7. The smallest absolute Gasteiger partial charge is 0.275 e. The Labute approximate surface area is 144 Å². The van der Waals surface area contributed by atoms with Gasteiger partial charge in [-0.05, 0) is 43.0 Å². The van der Waals surface area contributed by atoms with Crippen LogP contribution in [0.5, 0.6) is 0 Å². The number of hydrogen-bond acceptors (Lipinski definition) is 2. The Hall–Kier alpha value is -1.07. The first-order valence-electron chi connectivity index (χ1n) is 7.08. The second-order valence-electron chi connectivity index (χ2n) is 5.20. The zero-order valence-corrected chi connectivity index (χ0v) is 14.8. The minimum atomic E-state index is -0.150. The molecule has 1 amide bonds. The van der Waals surface area contributed by atoms with Gasteiger partial charge >= 0.3 is 0 Å². The van der Waals surface area contributed by atoms with Crippen LogP contribution < -0.4 is 10.6 Å². The number of hydrogen-bond donors (Lipinski definition) is 2. The van der Waals surface area contributed by atoms with Crippen molar-refractivity contribution in [3.63, 3.8) is 0 Å². The molecule has 1 aromatic carbocycles. The van der Waals surface area contributed by atoms with E-state index in [1.54, 1.807) is 23.5 Å². The highest BCUT2D eigenvalue weighted by Crippen LogP contribution is 2.25. The number of carbonyl (C=O) groups is 1. The number of thiophene rings is 1. The van der Waals surface area contributed by atoms with Gasteiger partial charge in [0.05, 0.1) is 10.9 Å². The summed E-state index contributed by atoms with van der Waals surface area (Å²) in [6.45, 7) is 4.39. The van der Waals surface area contributed by atoms with Crippen LogP contribution in [-0.2, 0) is 4.79 Å². The summed E-state index contributed by atoms with van der Waals surface area (Å²) in [7, 11) is 0. The van der Waals surface area contributed by atoms with Crippen LogP contribution in [-0.4, -0.2) is 12.5 Å². The third kappa shape index (κ3) is 4.71. The van der Waals surface area contributed by atoms with Gasteiger partial charge in [0.25, 0.3) is 5.91 Å². The van der Waals surface area contributed by atoms with Crippen molar-refractivity contribution in [1.29, 1.82) is 0 Å². The molecular weight excluding hydrogens is 339 g/mol. The number of benzene rings is 1. The van der Waals surface area contributed by atoms with E-state index in [2.05, 4.69) is 18.3 Å². The summed E-state index contributed by atoms with van der Waals surface area (Å²) in [6.07, 6.45) is 0. The quantitative estimate of drug-likeness (QED) is 0.815. The zero-order valence-electron chi connectivity index (χ0n) is 12.5. The van der Waals surface area contributed by atoms with Crippen LogP contribution in [0.3, 0.4) is 0 Å². The van der Waals surface area contributed by atoms with Crippen LogP contribution in [0, 0.1) is 0 Å². The SMILES string of the molecule is C[C@@H](NC(=O)C[NH2+][C@H](C)c1cccs1)c1ccc(Cl)cc1Cl. The third-order valence-electron chi connectivity index (χ3n) is 3.46. The average Bonchev–Trinajstić information content (AvgIpc) is 2.98. The van der Waals surface area contributed by atoms with Crippen molar-refractivity contribution in [3.05, 3.63) is 56.2 Å². The summed E-state index contributed by atoms with van der Waals surface area (Å²) in [4.78, 5) is 13.3. The van der Waals surface area contributed by atoms with Gasteiger partial charge in [-0.1, -0.05) is 35.3 Å². The number of rotatable bonds is 6. The predicted octanol–water partition coefficient (Wildman–Crippen LogP) is 3.56. The fourth-order valence-corrected chi connectivity index (χ4v) is 3.54. The molecule has 2 rings (SSSR count). The monoisotopic (exact) mass is 357 g/mol. The summed E-state index contributed by atoms with van der Waals surface area (Å²) in [5.41, 5.74) is 0.866. The number of amides is 1. The van der Waals surface area contributed by atoms with Crippen molar-refractivity contribution >= 4 is 40.4 Å². The normalized spacial score (nSPS) is 13.6. The molecule has 0 unspecified atom stereocenters. The zero-order chi connectivity index (χ0) is 16.1. The van der Waals surface area contributed by atoms with E-state index in [1.165, 1.54) is 4.88 Å². The molecule has 6 heteroatoms. The molecule has 0 spiro atoms. The van der Waals surface area contributed by atoms with Crippen molar-refractivity contribution in [2.45, 2.75) is 25.9 Å². The van der Waals surface area contributed by atoms with E-state index < -0.39 is 0 Å². The Bertz CT molecular complexity index is 631. The Balaban J connectivity index is 1.86. The van der Waals surface area contributed by atoms with Crippen LogP contribution in [0.1, 0.15) is 36.4 Å². The highest BCUT2D eigenvalue weighted by atomic mass is 35.5. The molecule has 2 atom stereocenters. The second kappa shape index (κ2) is 7.97. The third-order valence-corrected chi connectivity index (χ3v) is 5.09. The number of carbonyl (C=O) groups excluding carboxylic acids is 1. The Kier molecular flexibility index (Phi) is 6.26. The van der Waals surface area contributed by atoms with Gasteiger partial charge in [0.2, 0.25) is 0 Å². The molecular formula is C16H19Cl2N2OS+. The van der Waals surface area contributed by atoms with Crippen molar-refractivity contribution in [1.82, 2.24) is 5.32 Å². The van der Waals surface area contributed by atoms with Gasteiger partial charge < -0.3 is 10.6 Å². The van der Waals surface area contributed by atoms with Crippen LogP contribution in [0.4, 0.5) is 0 Å². The summed E-state index contributed by atoms with van der Waals surface area (Å²) in [5.74, 6) is -0.0121. The van der Waals surface area contributed by atoms with Crippen LogP contribution in [0.15, 0.2) is 35.7 Å². The average molecular weight is 358 g/mol. The number of halogens is 2.